The Bertz CT molecular complexity index is 622. The second kappa shape index (κ2) is 7.76. The average Bonchev–Trinajstić information content (AvgIpc) is 2.60. The van der Waals surface area contributed by atoms with E-state index in [0.29, 0.717) is 26.2 Å². The minimum Gasteiger partial charge on any atom is -0.496 e. The van der Waals surface area contributed by atoms with Gasteiger partial charge in [0, 0.05) is 37.7 Å². The molecule has 2 aliphatic rings. The van der Waals surface area contributed by atoms with Crippen molar-refractivity contribution < 1.29 is 14.3 Å². The molecule has 1 saturated heterocycles. The van der Waals surface area contributed by atoms with Crippen LogP contribution in [-0.4, -0.2) is 55.0 Å². The molecule has 3 amide bonds. The quantitative estimate of drug-likeness (QED) is 0.911. The highest BCUT2D eigenvalue weighted by molar-refractivity contribution is 5.80. The molecule has 0 spiro atoms. The topological polar surface area (TPSA) is 61.9 Å². The molecule has 6 nitrogen and oxygen atoms in total. The molecule has 1 heterocycles. The number of rotatable bonds is 4. The molecule has 136 valence electrons. The van der Waals surface area contributed by atoms with E-state index in [2.05, 4.69) is 5.32 Å². The lowest BCUT2D eigenvalue weighted by atomic mass is 9.84. The fourth-order valence-corrected chi connectivity index (χ4v) is 3.42. The van der Waals surface area contributed by atoms with Gasteiger partial charge < -0.3 is 19.9 Å². The molecule has 0 bridgehead atoms. The van der Waals surface area contributed by atoms with Gasteiger partial charge in [-0.15, -0.1) is 0 Å². The Kier molecular flexibility index (Phi) is 5.46. The summed E-state index contributed by atoms with van der Waals surface area (Å²) in [6, 6.07) is 7.47. The lowest BCUT2D eigenvalue weighted by Gasteiger charge is -2.38. The second-order valence-corrected chi connectivity index (χ2v) is 6.85. The largest absolute Gasteiger partial charge is 0.496 e. The highest BCUT2D eigenvalue weighted by atomic mass is 16.5. The molecule has 6 heteroatoms. The van der Waals surface area contributed by atoms with Crippen LogP contribution in [0, 0.1) is 5.92 Å². The first kappa shape index (κ1) is 17.6. The molecular weight excluding hydrogens is 318 g/mol. The van der Waals surface area contributed by atoms with Gasteiger partial charge >= 0.3 is 6.03 Å². The van der Waals surface area contributed by atoms with Crippen LogP contribution in [0.1, 0.15) is 37.8 Å². The molecule has 1 unspecified atom stereocenters. The number of piperazine rings is 1. The van der Waals surface area contributed by atoms with Crippen LogP contribution in [0.15, 0.2) is 24.3 Å². The van der Waals surface area contributed by atoms with Gasteiger partial charge in [-0.05, 0) is 25.8 Å². The van der Waals surface area contributed by atoms with E-state index in [1.54, 1.807) is 12.0 Å². The number of amides is 3. The SMILES string of the molecule is COc1ccccc1C(C)NC(=O)N1CCN(C(=O)C2CCC2)CC1. The van der Waals surface area contributed by atoms with Crippen LogP contribution in [-0.2, 0) is 4.79 Å². The van der Waals surface area contributed by atoms with Crippen molar-refractivity contribution >= 4 is 11.9 Å². The van der Waals surface area contributed by atoms with E-state index >= 15 is 0 Å². The zero-order valence-corrected chi connectivity index (χ0v) is 15.0. The fraction of sp³-hybridized carbons (Fsp3) is 0.579. The summed E-state index contributed by atoms with van der Waals surface area (Å²) in [4.78, 5) is 28.5. The molecule has 25 heavy (non-hydrogen) atoms. The Morgan fingerprint density at radius 3 is 2.36 bits per heavy atom. The normalized spacial score (nSPS) is 19.1. The first-order valence-electron chi connectivity index (χ1n) is 9.07. The summed E-state index contributed by atoms with van der Waals surface area (Å²) in [5.41, 5.74) is 0.956. The zero-order chi connectivity index (χ0) is 17.8. The number of nitrogens with zero attached hydrogens (tertiary/aromatic N) is 2. The highest BCUT2D eigenvalue weighted by Gasteiger charge is 2.32. The van der Waals surface area contributed by atoms with Crippen LogP contribution in [0.5, 0.6) is 5.75 Å². The van der Waals surface area contributed by atoms with Crippen molar-refractivity contribution in [3.63, 3.8) is 0 Å². The van der Waals surface area contributed by atoms with Gasteiger partial charge in [0.2, 0.25) is 5.91 Å². The van der Waals surface area contributed by atoms with Gasteiger partial charge in [-0.1, -0.05) is 24.6 Å². The summed E-state index contributed by atoms with van der Waals surface area (Å²) in [5, 5.41) is 3.03. The monoisotopic (exact) mass is 345 g/mol. The molecule has 1 saturated carbocycles. The highest BCUT2D eigenvalue weighted by Crippen LogP contribution is 2.28. The average molecular weight is 345 g/mol. The first-order chi connectivity index (χ1) is 12.1. The number of para-hydroxylation sites is 1. The zero-order valence-electron chi connectivity index (χ0n) is 15.0. The third-order valence-corrected chi connectivity index (χ3v) is 5.28. The lowest BCUT2D eigenvalue weighted by Crippen LogP contribution is -2.54. The minimum atomic E-state index is -0.140. The number of hydrogen-bond donors (Lipinski definition) is 1. The summed E-state index contributed by atoms with van der Waals surface area (Å²) < 4.78 is 5.36. The standard InChI is InChI=1S/C19H27N3O3/c1-14(16-8-3-4-9-17(16)25-2)20-19(24)22-12-10-21(11-13-22)18(23)15-6-5-7-15/h3-4,8-9,14-15H,5-7,10-13H2,1-2H3,(H,20,24). The van der Waals surface area contributed by atoms with Crippen molar-refractivity contribution in [3.8, 4) is 5.75 Å². The van der Waals surface area contributed by atoms with Gasteiger partial charge in [0.05, 0.1) is 13.2 Å². The fourth-order valence-electron chi connectivity index (χ4n) is 3.42. The van der Waals surface area contributed by atoms with Crippen LogP contribution in [0.4, 0.5) is 4.79 Å². The Morgan fingerprint density at radius 2 is 1.76 bits per heavy atom. The second-order valence-electron chi connectivity index (χ2n) is 6.85. The van der Waals surface area contributed by atoms with Crippen molar-refractivity contribution in [2.75, 3.05) is 33.3 Å². The Hall–Kier alpha value is -2.24. The van der Waals surface area contributed by atoms with Crippen molar-refractivity contribution in [3.05, 3.63) is 29.8 Å². The maximum Gasteiger partial charge on any atom is 0.317 e. The van der Waals surface area contributed by atoms with Gasteiger partial charge in [0.15, 0.2) is 0 Å². The Balaban J connectivity index is 1.51. The summed E-state index contributed by atoms with van der Waals surface area (Å²) >= 11 is 0. The van der Waals surface area contributed by atoms with Crippen molar-refractivity contribution in [1.82, 2.24) is 15.1 Å². The molecule has 0 aromatic heterocycles. The summed E-state index contributed by atoms with van der Waals surface area (Å²) in [5.74, 6) is 1.27. The van der Waals surface area contributed by atoms with E-state index in [0.717, 1.165) is 24.2 Å². The van der Waals surface area contributed by atoms with Crippen molar-refractivity contribution in [2.24, 2.45) is 5.92 Å². The van der Waals surface area contributed by atoms with Gasteiger partial charge in [-0.25, -0.2) is 4.79 Å². The predicted octanol–water partition coefficient (Wildman–Crippen LogP) is 2.41. The Morgan fingerprint density at radius 1 is 1.12 bits per heavy atom. The Labute approximate surface area is 149 Å². The van der Waals surface area contributed by atoms with E-state index in [1.807, 2.05) is 36.1 Å². The molecule has 1 aliphatic carbocycles. The molecule has 2 fully saturated rings. The number of urea groups is 1. The molecule has 1 aliphatic heterocycles. The maximum absolute atomic E-state index is 12.5. The van der Waals surface area contributed by atoms with Gasteiger partial charge in [0.25, 0.3) is 0 Å². The van der Waals surface area contributed by atoms with Crippen LogP contribution < -0.4 is 10.1 Å². The smallest absolute Gasteiger partial charge is 0.317 e. The van der Waals surface area contributed by atoms with Crippen molar-refractivity contribution in [2.45, 2.75) is 32.2 Å². The molecule has 1 N–H and O–H groups in total. The van der Waals surface area contributed by atoms with Crippen LogP contribution in [0.2, 0.25) is 0 Å². The van der Waals surface area contributed by atoms with Crippen molar-refractivity contribution in [1.29, 1.82) is 0 Å². The molecule has 1 aromatic carbocycles. The number of carbonyl (C=O) groups is 2. The van der Waals surface area contributed by atoms with E-state index < -0.39 is 0 Å². The summed E-state index contributed by atoms with van der Waals surface area (Å²) in [6.07, 6.45) is 3.21. The van der Waals surface area contributed by atoms with E-state index in [4.69, 9.17) is 4.74 Å². The molecule has 3 rings (SSSR count). The van der Waals surface area contributed by atoms with Crippen LogP contribution >= 0.6 is 0 Å². The number of benzene rings is 1. The predicted molar refractivity (Wildman–Crippen MR) is 95.4 cm³/mol. The van der Waals surface area contributed by atoms with E-state index in [9.17, 15) is 9.59 Å². The first-order valence-corrected chi connectivity index (χ1v) is 9.07. The number of methoxy groups -OCH3 is 1. The van der Waals surface area contributed by atoms with E-state index in [1.165, 1.54) is 6.42 Å². The third kappa shape index (κ3) is 3.89. The molecule has 1 aromatic rings. The minimum absolute atomic E-state index is 0.0888. The van der Waals surface area contributed by atoms with E-state index in [-0.39, 0.29) is 23.9 Å². The third-order valence-electron chi connectivity index (χ3n) is 5.28. The molecule has 0 radical (unpaired) electrons. The van der Waals surface area contributed by atoms with Gasteiger partial charge in [-0.2, -0.15) is 0 Å². The van der Waals surface area contributed by atoms with Gasteiger partial charge in [0.1, 0.15) is 5.75 Å². The number of hydrogen-bond acceptors (Lipinski definition) is 3. The molecular formula is C19H27N3O3. The summed E-state index contributed by atoms with van der Waals surface area (Å²) in [7, 11) is 1.63. The van der Waals surface area contributed by atoms with Crippen LogP contribution in [0.3, 0.4) is 0 Å². The molecule has 1 atom stereocenters. The summed E-state index contributed by atoms with van der Waals surface area (Å²) in [6.45, 7) is 4.38. The number of carbonyl (C=O) groups excluding carboxylic acids is 2. The van der Waals surface area contributed by atoms with Gasteiger partial charge in [-0.3, -0.25) is 4.79 Å². The number of ether oxygens (including phenoxy) is 1. The lowest BCUT2D eigenvalue weighted by molar-refractivity contribution is -0.139. The number of nitrogens with one attached hydrogen (secondary N) is 1. The maximum atomic E-state index is 12.5. The van der Waals surface area contributed by atoms with Crippen LogP contribution in [0.25, 0.3) is 0 Å².